The van der Waals surface area contributed by atoms with Gasteiger partial charge in [0.2, 0.25) is 0 Å². The molecular formula is C27H35N. The van der Waals surface area contributed by atoms with Crippen LogP contribution in [-0.2, 0) is 10.8 Å². The highest BCUT2D eigenvalue weighted by Gasteiger charge is 2.24. The number of para-hydroxylation sites is 1. The Morgan fingerprint density at radius 1 is 0.679 bits per heavy atom. The molecule has 0 saturated heterocycles. The van der Waals surface area contributed by atoms with Gasteiger partial charge in [-0.1, -0.05) is 97.9 Å². The Bertz CT molecular complexity index is 937. The molecule has 0 unspecified atom stereocenters. The van der Waals surface area contributed by atoms with Crippen LogP contribution in [0.25, 0.3) is 10.9 Å². The van der Waals surface area contributed by atoms with E-state index in [4.69, 9.17) is 4.98 Å². The molecule has 0 fully saturated rings. The summed E-state index contributed by atoms with van der Waals surface area (Å²) in [5.74, 6) is 0.754. The lowest BCUT2D eigenvalue weighted by Crippen LogP contribution is -2.18. The van der Waals surface area contributed by atoms with Gasteiger partial charge in [0, 0.05) is 17.0 Å². The maximum absolute atomic E-state index is 4.96. The van der Waals surface area contributed by atoms with Gasteiger partial charge in [-0.15, -0.1) is 0 Å². The zero-order chi connectivity index (χ0) is 20.7. The van der Waals surface area contributed by atoms with E-state index in [9.17, 15) is 0 Å². The molecule has 1 nitrogen and oxygen atoms in total. The minimum absolute atomic E-state index is 0.139. The molecule has 148 valence electrons. The highest BCUT2D eigenvalue weighted by Crippen LogP contribution is 2.37. The maximum Gasteiger partial charge on any atom is 0.0705 e. The first kappa shape index (κ1) is 20.6. The number of fused-ring (bicyclic) bond motifs is 1. The first-order chi connectivity index (χ1) is 13.0. The van der Waals surface area contributed by atoms with E-state index in [2.05, 4.69) is 110 Å². The van der Waals surface area contributed by atoms with Crippen LogP contribution in [0.4, 0.5) is 0 Å². The van der Waals surface area contributed by atoms with Gasteiger partial charge >= 0.3 is 0 Å². The van der Waals surface area contributed by atoms with Crippen LogP contribution < -0.4 is 0 Å². The largest absolute Gasteiger partial charge is 0.253 e. The second-order valence-electron chi connectivity index (χ2n) is 10.3. The highest BCUT2D eigenvalue weighted by atomic mass is 14.7. The van der Waals surface area contributed by atoms with E-state index in [0.717, 1.165) is 5.52 Å². The van der Waals surface area contributed by atoms with E-state index < -0.39 is 0 Å². The van der Waals surface area contributed by atoms with Crippen molar-refractivity contribution in [2.75, 3.05) is 0 Å². The third kappa shape index (κ3) is 4.29. The number of aromatic nitrogens is 1. The predicted molar refractivity (Wildman–Crippen MR) is 122 cm³/mol. The second kappa shape index (κ2) is 7.35. The van der Waals surface area contributed by atoms with Crippen LogP contribution in [0.2, 0.25) is 0 Å². The Kier molecular flexibility index (Phi) is 5.40. The monoisotopic (exact) mass is 373 g/mol. The molecule has 0 aliphatic heterocycles. The van der Waals surface area contributed by atoms with Gasteiger partial charge in [-0.2, -0.15) is 0 Å². The SMILES string of the molecule is C[C@H](c1ccc2ccccc2n1)[C@@H](C)c1cc(C(C)(C)C)cc(C(C)(C)C)c1. The molecular weight excluding hydrogens is 338 g/mol. The van der Waals surface area contributed by atoms with Gasteiger partial charge < -0.3 is 0 Å². The Morgan fingerprint density at radius 3 is 1.82 bits per heavy atom. The Balaban J connectivity index is 2.03. The third-order valence-electron chi connectivity index (χ3n) is 6.05. The summed E-state index contributed by atoms with van der Waals surface area (Å²) in [5, 5.41) is 1.20. The van der Waals surface area contributed by atoms with Crippen LogP contribution in [-0.4, -0.2) is 4.98 Å². The zero-order valence-electron chi connectivity index (χ0n) is 18.8. The molecule has 2 aromatic carbocycles. The quantitative estimate of drug-likeness (QED) is 0.457. The van der Waals surface area contributed by atoms with E-state index in [1.165, 1.54) is 27.8 Å². The lowest BCUT2D eigenvalue weighted by Gasteiger charge is -2.29. The highest BCUT2D eigenvalue weighted by molar-refractivity contribution is 5.78. The van der Waals surface area contributed by atoms with E-state index in [-0.39, 0.29) is 10.8 Å². The smallest absolute Gasteiger partial charge is 0.0705 e. The molecule has 28 heavy (non-hydrogen) atoms. The topological polar surface area (TPSA) is 12.9 Å². The van der Waals surface area contributed by atoms with Gasteiger partial charge in [-0.3, -0.25) is 4.98 Å². The van der Waals surface area contributed by atoms with Crippen molar-refractivity contribution in [3.8, 4) is 0 Å². The van der Waals surface area contributed by atoms with Gasteiger partial charge in [0.25, 0.3) is 0 Å². The van der Waals surface area contributed by atoms with Crippen LogP contribution in [0.5, 0.6) is 0 Å². The van der Waals surface area contributed by atoms with E-state index >= 15 is 0 Å². The predicted octanol–water partition coefficient (Wildman–Crippen LogP) is 7.74. The molecule has 3 aromatic rings. The molecule has 0 aliphatic rings. The lowest BCUT2D eigenvalue weighted by atomic mass is 9.76. The minimum atomic E-state index is 0.139. The number of rotatable bonds is 3. The van der Waals surface area contributed by atoms with Gasteiger partial charge in [0.1, 0.15) is 0 Å². The van der Waals surface area contributed by atoms with Crippen molar-refractivity contribution >= 4 is 10.9 Å². The Labute approximate surface area is 171 Å². The van der Waals surface area contributed by atoms with Gasteiger partial charge in [-0.25, -0.2) is 0 Å². The van der Waals surface area contributed by atoms with Crippen molar-refractivity contribution in [1.82, 2.24) is 4.98 Å². The van der Waals surface area contributed by atoms with Gasteiger partial charge in [-0.05, 0) is 45.6 Å². The van der Waals surface area contributed by atoms with Crippen LogP contribution in [0.3, 0.4) is 0 Å². The summed E-state index contributed by atoms with van der Waals surface area (Å²) >= 11 is 0. The van der Waals surface area contributed by atoms with Crippen molar-refractivity contribution in [3.05, 3.63) is 77.0 Å². The summed E-state index contributed by atoms with van der Waals surface area (Å²) < 4.78 is 0. The molecule has 3 rings (SSSR count). The van der Waals surface area contributed by atoms with Crippen molar-refractivity contribution in [2.24, 2.45) is 0 Å². The fourth-order valence-corrected chi connectivity index (χ4v) is 3.66. The maximum atomic E-state index is 4.96. The lowest BCUT2D eigenvalue weighted by molar-refractivity contribution is 0.557. The summed E-state index contributed by atoms with van der Waals surface area (Å²) in [4.78, 5) is 4.96. The normalized spacial score (nSPS) is 14.9. The number of pyridine rings is 1. The van der Waals surface area contributed by atoms with Crippen LogP contribution in [0.1, 0.15) is 89.6 Å². The van der Waals surface area contributed by atoms with Gasteiger partial charge in [0.15, 0.2) is 0 Å². The summed E-state index contributed by atoms with van der Waals surface area (Å²) in [6.45, 7) is 18.5. The molecule has 1 heteroatoms. The molecule has 0 spiro atoms. The van der Waals surface area contributed by atoms with E-state index in [1.807, 2.05) is 0 Å². The molecule has 0 amide bonds. The van der Waals surface area contributed by atoms with E-state index in [1.54, 1.807) is 0 Å². The summed E-state index contributed by atoms with van der Waals surface area (Å²) in [5.41, 5.74) is 6.78. The fraction of sp³-hybridized carbons (Fsp3) is 0.444. The van der Waals surface area contributed by atoms with Crippen LogP contribution in [0, 0.1) is 0 Å². The van der Waals surface area contributed by atoms with Crippen LogP contribution >= 0.6 is 0 Å². The number of hydrogen-bond donors (Lipinski definition) is 0. The summed E-state index contributed by atoms with van der Waals surface area (Å²) in [6, 6.07) is 20.0. The average molecular weight is 374 g/mol. The molecule has 1 heterocycles. The number of hydrogen-bond acceptors (Lipinski definition) is 1. The third-order valence-corrected chi connectivity index (χ3v) is 6.05. The zero-order valence-corrected chi connectivity index (χ0v) is 18.8. The molecule has 0 aliphatic carbocycles. The first-order valence-electron chi connectivity index (χ1n) is 10.5. The number of nitrogens with zero attached hydrogens (tertiary/aromatic N) is 1. The molecule has 0 N–H and O–H groups in total. The molecule has 0 saturated carbocycles. The second-order valence-corrected chi connectivity index (χ2v) is 10.3. The molecule has 2 atom stereocenters. The Hall–Kier alpha value is -2.15. The molecule has 0 bridgehead atoms. The average Bonchev–Trinajstić information content (AvgIpc) is 2.64. The van der Waals surface area contributed by atoms with Crippen molar-refractivity contribution in [1.29, 1.82) is 0 Å². The summed E-state index contributed by atoms with van der Waals surface area (Å²) in [7, 11) is 0. The van der Waals surface area contributed by atoms with E-state index in [0.29, 0.717) is 11.8 Å². The fourth-order valence-electron chi connectivity index (χ4n) is 3.66. The van der Waals surface area contributed by atoms with Crippen molar-refractivity contribution in [3.63, 3.8) is 0 Å². The minimum Gasteiger partial charge on any atom is -0.253 e. The van der Waals surface area contributed by atoms with Gasteiger partial charge in [0.05, 0.1) is 5.52 Å². The standard InChI is InChI=1S/C27H35N/c1-18(19(2)24-14-13-20-11-9-10-12-25(20)28-24)21-15-22(26(3,4)5)17-23(16-21)27(6,7)8/h9-19H,1-8H3/t18-,19+/m1/s1. The Morgan fingerprint density at radius 2 is 1.25 bits per heavy atom. The molecule has 1 aromatic heterocycles. The summed E-state index contributed by atoms with van der Waals surface area (Å²) in [6.07, 6.45) is 0. The van der Waals surface area contributed by atoms with Crippen molar-refractivity contribution < 1.29 is 0 Å². The van der Waals surface area contributed by atoms with Crippen LogP contribution in [0.15, 0.2) is 54.6 Å². The van der Waals surface area contributed by atoms with Crippen molar-refractivity contribution in [2.45, 2.75) is 78.1 Å². The first-order valence-corrected chi connectivity index (χ1v) is 10.5. The molecule has 0 radical (unpaired) electrons. The number of benzene rings is 2.